The minimum Gasteiger partial charge on any atom is -0.358 e. The number of hydrogen-bond donors (Lipinski definition) is 1. The first-order valence-electron chi connectivity index (χ1n) is 5.38. The summed E-state index contributed by atoms with van der Waals surface area (Å²) >= 11 is 0. The molecule has 3 rings (SSSR count). The molecule has 1 aliphatic carbocycles. The van der Waals surface area contributed by atoms with Gasteiger partial charge in [-0.1, -0.05) is 24.3 Å². The predicted molar refractivity (Wildman–Crippen MR) is 59.4 cm³/mol. The highest BCUT2D eigenvalue weighted by atomic mass is 15.0. The second-order valence-electron chi connectivity index (χ2n) is 4.51. The molecule has 2 aliphatic rings. The fourth-order valence-corrected chi connectivity index (χ4v) is 2.75. The van der Waals surface area contributed by atoms with Crippen LogP contribution in [-0.2, 0) is 5.41 Å². The third-order valence-electron chi connectivity index (χ3n) is 3.61. The number of fused-ring (bicyclic) bond motifs is 3. The molecule has 72 valence electrons. The monoisotopic (exact) mass is 185 g/mol. The maximum absolute atomic E-state index is 3.54. The highest BCUT2D eigenvalue weighted by Gasteiger charge is 2.39. The Morgan fingerprint density at radius 2 is 2.14 bits per heavy atom. The van der Waals surface area contributed by atoms with Gasteiger partial charge in [-0.25, -0.2) is 0 Å². The molecule has 1 atom stereocenters. The molecule has 1 N–H and O–H groups in total. The number of para-hydroxylation sites is 1. The molecule has 0 bridgehead atoms. The van der Waals surface area contributed by atoms with Crippen LogP contribution in [-0.4, -0.2) is 0 Å². The molecule has 1 aromatic carbocycles. The zero-order chi connectivity index (χ0) is 9.60. The number of allylic oxidation sites excluding steroid dienone is 2. The average molecular weight is 185 g/mol. The molecule has 0 unspecified atom stereocenters. The van der Waals surface area contributed by atoms with Crippen LogP contribution in [0.5, 0.6) is 0 Å². The molecule has 1 aromatic rings. The van der Waals surface area contributed by atoms with E-state index in [0.717, 1.165) is 0 Å². The van der Waals surface area contributed by atoms with E-state index in [0.29, 0.717) is 0 Å². The molecular formula is C13H15N. The van der Waals surface area contributed by atoms with Crippen molar-refractivity contribution in [1.29, 1.82) is 0 Å². The first-order chi connectivity index (χ1) is 6.81. The van der Waals surface area contributed by atoms with Crippen molar-refractivity contribution in [3.63, 3.8) is 0 Å². The summed E-state index contributed by atoms with van der Waals surface area (Å²) < 4.78 is 0. The lowest BCUT2D eigenvalue weighted by Gasteiger charge is -2.29. The molecule has 1 aliphatic heterocycles. The van der Waals surface area contributed by atoms with Gasteiger partial charge >= 0.3 is 0 Å². The van der Waals surface area contributed by atoms with Crippen LogP contribution in [0, 0.1) is 0 Å². The second-order valence-corrected chi connectivity index (χ2v) is 4.51. The van der Waals surface area contributed by atoms with Crippen molar-refractivity contribution in [2.75, 3.05) is 5.32 Å². The van der Waals surface area contributed by atoms with Crippen molar-refractivity contribution in [3.8, 4) is 0 Å². The first-order valence-corrected chi connectivity index (χ1v) is 5.38. The van der Waals surface area contributed by atoms with E-state index in [-0.39, 0.29) is 5.41 Å². The summed E-state index contributed by atoms with van der Waals surface area (Å²) in [4.78, 5) is 0. The molecule has 0 saturated heterocycles. The molecule has 0 aromatic heterocycles. The van der Waals surface area contributed by atoms with Gasteiger partial charge in [0.15, 0.2) is 0 Å². The van der Waals surface area contributed by atoms with E-state index in [1.54, 1.807) is 0 Å². The van der Waals surface area contributed by atoms with Crippen LogP contribution in [0.25, 0.3) is 0 Å². The Morgan fingerprint density at radius 1 is 1.29 bits per heavy atom. The number of anilines is 1. The summed E-state index contributed by atoms with van der Waals surface area (Å²) in [6.07, 6.45) is 6.19. The Balaban J connectivity index is 2.21. The van der Waals surface area contributed by atoms with Gasteiger partial charge in [-0.05, 0) is 37.8 Å². The Morgan fingerprint density at radius 3 is 3.07 bits per heavy atom. The quantitative estimate of drug-likeness (QED) is 0.653. The Labute approximate surface area is 84.8 Å². The van der Waals surface area contributed by atoms with Crippen molar-refractivity contribution in [2.24, 2.45) is 0 Å². The first kappa shape index (κ1) is 8.10. The zero-order valence-electron chi connectivity index (χ0n) is 8.51. The fraction of sp³-hybridized carbons (Fsp3) is 0.385. The topological polar surface area (TPSA) is 12.0 Å². The fourth-order valence-electron chi connectivity index (χ4n) is 2.75. The van der Waals surface area contributed by atoms with Crippen molar-refractivity contribution in [3.05, 3.63) is 41.6 Å². The highest BCUT2D eigenvalue weighted by molar-refractivity contribution is 5.68. The summed E-state index contributed by atoms with van der Waals surface area (Å²) in [6.45, 7) is 2.36. The molecular weight excluding hydrogens is 170 g/mol. The van der Waals surface area contributed by atoms with Crippen LogP contribution in [0.1, 0.15) is 31.7 Å². The van der Waals surface area contributed by atoms with Gasteiger partial charge in [0.2, 0.25) is 0 Å². The minimum absolute atomic E-state index is 0.273. The lowest BCUT2D eigenvalue weighted by atomic mass is 9.74. The molecule has 0 amide bonds. The van der Waals surface area contributed by atoms with Gasteiger partial charge in [0.05, 0.1) is 0 Å². The molecule has 1 nitrogen and oxygen atoms in total. The van der Waals surface area contributed by atoms with E-state index >= 15 is 0 Å². The molecule has 0 radical (unpaired) electrons. The normalized spacial score (nSPS) is 28.8. The summed E-state index contributed by atoms with van der Waals surface area (Å²) in [7, 11) is 0. The lowest BCUT2D eigenvalue weighted by Crippen LogP contribution is -2.24. The van der Waals surface area contributed by atoms with Gasteiger partial charge in [-0.3, -0.25) is 0 Å². The predicted octanol–water partition coefficient (Wildman–Crippen LogP) is 3.44. The molecule has 0 spiro atoms. The molecule has 0 fully saturated rings. The number of nitrogens with one attached hydrogen (secondary N) is 1. The van der Waals surface area contributed by atoms with Gasteiger partial charge in [0, 0.05) is 16.8 Å². The second kappa shape index (κ2) is 2.63. The molecule has 0 saturated carbocycles. The molecule has 1 heterocycles. The summed E-state index contributed by atoms with van der Waals surface area (Å²) in [5.74, 6) is 0. The number of benzene rings is 1. The van der Waals surface area contributed by atoms with E-state index < -0.39 is 0 Å². The largest absolute Gasteiger partial charge is 0.358 e. The minimum atomic E-state index is 0.273. The lowest BCUT2D eigenvalue weighted by molar-refractivity contribution is 0.483. The van der Waals surface area contributed by atoms with Crippen molar-refractivity contribution in [1.82, 2.24) is 0 Å². The van der Waals surface area contributed by atoms with Crippen LogP contribution in [0.2, 0.25) is 0 Å². The maximum atomic E-state index is 3.54. The van der Waals surface area contributed by atoms with E-state index in [1.807, 2.05) is 0 Å². The van der Waals surface area contributed by atoms with E-state index in [9.17, 15) is 0 Å². The molecule has 1 heteroatoms. The van der Waals surface area contributed by atoms with Crippen LogP contribution in [0.4, 0.5) is 5.69 Å². The Bertz CT molecular complexity index is 405. The summed E-state index contributed by atoms with van der Waals surface area (Å²) in [5.41, 5.74) is 4.48. The van der Waals surface area contributed by atoms with Crippen LogP contribution in [0.15, 0.2) is 36.0 Å². The standard InChI is InChI=1S/C13H15N/c1-13-9-5-4-8-12(13)14-11-7-3-2-6-10(11)13/h2-3,6-8,14H,4-5,9H2,1H3/t13-/m1/s1. The highest BCUT2D eigenvalue weighted by Crippen LogP contribution is 2.48. The van der Waals surface area contributed by atoms with Crippen LogP contribution >= 0.6 is 0 Å². The van der Waals surface area contributed by atoms with Crippen molar-refractivity contribution >= 4 is 5.69 Å². The molecule has 14 heavy (non-hydrogen) atoms. The van der Waals surface area contributed by atoms with Crippen LogP contribution in [0.3, 0.4) is 0 Å². The third kappa shape index (κ3) is 0.899. The van der Waals surface area contributed by atoms with Crippen molar-refractivity contribution in [2.45, 2.75) is 31.6 Å². The van der Waals surface area contributed by atoms with E-state index in [1.165, 1.54) is 36.2 Å². The van der Waals surface area contributed by atoms with Gasteiger partial charge in [-0.2, -0.15) is 0 Å². The van der Waals surface area contributed by atoms with Gasteiger partial charge < -0.3 is 5.32 Å². The Hall–Kier alpha value is -1.24. The van der Waals surface area contributed by atoms with E-state index in [4.69, 9.17) is 0 Å². The third-order valence-corrected chi connectivity index (χ3v) is 3.61. The maximum Gasteiger partial charge on any atom is 0.0424 e. The smallest absolute Gasteiger partial charge is 0.0424 e. The van der Waals surface area contributed by atoms with Crippen molar-refractivity contribution < 1.29 is 0 Å². The van der Waals surface area contributed by atoms with Gasteiger partial charge in [0.25, 0.3) is 0 Å². The van der Waals surface area contributed by atoms with Gasteiger partial charge in [0.1, 0.15) is 0 Å². The van der Waals surface area contributed by atoms with Gasteiger partial charge in [-0.15, -0.1) is 0 Å². The SMILES string of the molecule is C[C@]12CCCC=C1Nc1ccccc12. The number of hydrogen-bond acceptors (Lipinski definition) is 1. The van der Waals surface area contributed by atoms with E-state index in [2.05, 4.69) is 42.6 Å². The Kier molecular flexibility index (Phi) is 1.52. The summed E-state index contributed by atoms with van der Waals surface area (Å²) in [5, 5.41) is 3.54. The average Bonchev–Trinajstić information content (AvgIpc) is 2.51. The number of rotatable bonds is 0. The zero-order valence-corrected chi connectivity index (χ0v) is 8.51. The summed E-state index contributed by atoms with van der Waals surface area (Å²) in [6, 6.07) is 8.69. The van der Waals surface area contributed by atoms with Crippen LogP contribution < -0.4 is 5.32 Å².